The first-order valence-corrected chi connectivity index (χ1v) is 18.6. The maximum absolute atomic E-state index is 12.3. The van der Waals surface area contributed by atoms with Crippen molar-refractivity contribution in [3.63, 3.8) is 0 Å². The highest BCUT2D eigenvalue weighted by atomic mass is 16.3. The number of nitrogens with one attached hydrogen (secondary N) is 1. The number of carbonyl (C=O) groups excluding carboxylic acids is 1. The Morgan fingerprint density at radius 3 is 1.31 bits per heavy atom. The second-order valence-electron chi connectivity index (χ2n) is 12.6. The summed E-state index contributed by atoms with van der Waals surface area (Å²) in [6.07, 6.45) is 42.6. The molecule has 4 nitrogen and oxygen atoms in total. The van der Waals surface area contributed by atoms with Crippen molar-refractivity contribution >= 4 is 5.91 Å². The van der Waals surface area contributed by atoms with Gasteiger partial charge in [0, 0.05) is 6.42 Å². The minimum atomic E-state index is -0.836. The summed E-state index contributed by atoms with van der Waals surface area (Å²) >= 11 is 0. The van der Waals surface area contributed by atoms with Crippen molar-refractivity contribution in [2.45, 2.75) is 206 Å². The summed E-state index contributed by atoms with van der Waals surface area (Å²) in [5.74, 6) is -0.0698. The van der Waals surface area contributed by atoms with Crippen LogP contribution < -0.4 is 5.32 Å². The number of aliphatic hydroxyl groups excluding tert-OH is 2. The summed E-state index contributed by atoms with van der Waals surface area (Å²) in [4.78, 5) is 12.3. The lowest BCUT2D eigenvalue weighted by molar-refractivity contribution is -0.123. The average molecular weight is 592 g/mol. The normalized spacial score (nSPS) is 13.3. The van der Waals surface area contributed by atoms with Crippen molar-refractivity contribution in [3.8, 4) is 0 Å². The van der Waals surface area contributed by atoms with E-state index < -0.39 is 12.1 Å². The molecule has 0 aromatic rings. The standard InChI is InChI=1S/C38H73NO3/c1-3-5-7-9-11-13-15-17-18-19-20-22-24-26-28-30-32-34-38(42)39-36(35-40)37(41)33-31-29-27-25-23-21-16-14-12-10-8-6-4-2/h17-18,31,33,36-37,40-41H,3-16,19-30,32,34-35H2,1-2H3,(H,39,42)/b18-17+,33-31+/t36-,37+/m0/s1. The minimum absolute atomic E-state index is 0.0698. The molecule has 0 aliphatic carbocycles. The predicted octanol–water partition coefficient (Wildman–Crippen LogP) is 10.9. The van der Waals surface area contributed by atoms with E-state index in [2.05, 4.69) is 31.3 Å². The van der Waals surface area contributed by atoms with Crippen LogP contribution in [0, 0.1) is 0 Å². The fourth-order valence-corrected chi connectivity index (χ4v) is 5.52. The SMILES string of the molecule is CCCCCCCC/C=C/CCCCCCCCCC(=O)N[C@@H](CO)[C@H](O)/C=C/CCCCCCCCCCCCC. The Morgan fingerprint density at radius 2 is 0.905 bits per heavy atom. The van der Waals surface area contributed by atoms with Crippen LogP contribution in [0.15, 0.2) is 24.3 Å². The summed E-state index contributed by atoms with van der Waals surface area (Å²) in [6, 6.07) is -0.620. The molecule has 0 saturated carbocycles. The lowest BCUT2D eigenvalue weighted by atomic mass is 10.0. The van der Waals surface area contributed by atoms with Gasteiger partial charge in [-0.3, -0.25) is 4.79 Å². The van der Waals surface area contributed by atoms with Crippen molar-refractivity contribution < 1.29 is 15.0 Å². The summed E-state index contributed by atoms with van der Waals surface area (Å²) < 4.78 is 0. The Bertz CT molecular complexity index is 603. The van der Waals surface area contributed by atoms with Gasteiger partial charge in [0.15, 0.2) is 0 Å². The average Bonchev–Trinajstić information content (AvgIpc) is 2.99. The first-order valence-electron chi connectivity index (χ1n) is 18.6. The zero-order valence-electron chi connectivity index (χ0n) is 28.3. The van der Waals surface area contributed by atoms with Gasteiger partial charge in [-0.1, -0.05) is 167 Å². The molecule has 248 valence electrons. The van der Waals surface area contributed by atoms with Crippen LogP contribution in [0.1, 0.15) is 194 Å². The number of carbonyl (C=O) groups is 1. The van der Waals surface area contributed by atoms with Gasteiger partial charge in [0.05, 0.1) is 18.8 Å². The Balaban J connectivity index is 3.62. The molecule has 0 rings (SSSR count). The van der Waals surface area contributed by atoms with E-state index in [0.29, 0.717) is 6.42 Å². The third-order valence-corrected chi connectivity index (χ3v) is 8.43. The molecule has 0 fully saturated rings. The number of amides is 1. The molecule has 3 N–H and O–H groups in total. The second-order valence-corrected chi connectivity index (χ2v) is 12.6. The summed E-state index contributed by atoms with van der Waals surface area (Å²) in [7, 11) is 0. The Morgan fingerprint density at radius 1 is 0.548 bits per heavy atom. The van der Waals surface area contributed by atoms with E-state index in [1.165, 1.54) is 148 Å². The fraction of sp³-hybridized carbons (Fsp3) is 0.868. The van der Waals surface area contributed by atoms with E-state index in [4.69, 9.17) is 0 Å². The third-order valence-electron chi connectivity index (χ3n) is 8.43. The third kappa shape index (κ3) is 30.3. The van der Waals surface area contributed by atoms with E-state index >= 15 is 0 Å². The highest BCUT2D eigenvalue weighted by Crippen LogP contribution is 2.13. The van der Waals surface area contributed by atoms with Gasteiger partial charge in [-0.25, -0.2) is 0 Å². The topological polar surface area (TPSA) is 69.6 Å². The molecule has 0 aliphatic heterocycles. The van der Waals surface area contributed by atoms with Gasteiger partial charge >= 0.3 is 0 Å². The number of unbranched alkanes of at least 4 members (excludes halogenated alkanes) is 24. The smallest absolute Gasteiger partial charge is 0.220 e. The van der Waals surface area contributed by atoms with Crippen LogP contribution in [-0.4, -0.2) is 34.9 Å². The van der Waals surface area contributed by atoms with Gasteiger partial charge in [0.2, 0.25) is 5.91 Å². The van der Waals surface area contributed by atoms with E-state index in [0.717, 1.165) is 25.7 Å². The number of hydrogen-bond donors (Lipinski definition) is 3. The van der Waals surface area contributed by atoms with Crippen LogP contribution in [0.5, 0.6) is 0 Å². The van der Waals surface area contributed by atoms with Crippen LogP contribution in [0.2, 0.25) is 0 Å². The van der Waals surface area contributed by atoms with Gasteiger partial charge in [-0.05, 0) is 44.9 Å². The molecule has 1 amide bonds. The van der Waals surface area contributed by atoms with E-state index in [9.17, 15) is 15.0 Å². The van der Waals surface area contributed by atoms with Crippen LogP contribution >= 0.6 is 0 Å². The molecule has 0 bridgehead atoms. The first kappa shape index (κ1) is 40.9. The van der Waals surface area contributed by atoms with Crippen LogP contribution in [0.4, 0.5) is 0 Å². The van der Waals surface area contributed by atoms with Gasteiger partial charge in [-0.15, -0.1) is 0 Å². The zero-order chi connectivity index (χ0) is 30.8. The van der Waals surface area contributed by atoms with E-state index in [1.807, 2.05) is 6.08 Å². The van der Waals surface area contributed by atoms with Crippen LogP contribution in [0.3, 0.4) is 0 Å². The van der Waals surface area contributed by atoms with Gasteiger partial charge < -0.3 is 15.5 Å². The fourth-order valence-electron chi connectivity index (χ4n) is 5.52. The molecule has 0 aromatic carbocycles. The largest absolute Gasteiger partial charge is 0.394 e. The van der Waals surface area contributed by atoms with Crippen LogP contribution in [0.25, 0.3) is 0 Å². The number of hydrogen-bond acceptors (Lipinski definition) is 3. The number of allylic oxidation sites excluding steroid dienone is 3. The lowest BCUT2D eigenvalue weighted by Crippen LogP contribution is -2.45. The van der Waals surface area contributed by atoms with Crippen LogP contribution in [-0.2, 0) is 4.79 Å². The van der Waals surface area contributed by atoms with Gasteiger partial charge in [-0.2, -0.15) is 0 Å². The highest BCUT2D eigenvalue weighted by molar-refractivity contribution is 5.76. The molecule has 0 saturated heterocycles. The molecule has 0 aliphatic rings. The van der Waals surface area contributed by atoms with Crippen molar-refractivity contribution in [2.24, 2.45) is 0 Å². The lowest BCUT2D eigenvalue weighted by Gasteiger charge is -2.20. The van der Waals surface area contributed by atoms with Gasteiger partial charge in [0.1, 0.15) is 0 Å². The van der Waals surface area contributed by atoms with Crippen molar-refractivity contribution in [1.29, 1.82) is 0 Å². The Kier molecular flexibility index (Phi) is 33.4. The minimum Gasteiger partial charge on any atom is -0.394 e. The number of aliphatic hydroxyl groups is 2. The number of rotatable bonds is 33. The monoisotopic (exact) mass is 592 g/mol. The van der Waals surface area contributed by atoms with E-state index in [-0.39, 0.29) is 12.5 Å². The molecule has 0 heterocycles. The van der Waals surface area contributed by atoms with Gasteiger partial charge in [0.25, 0.3) is 0 Å². The molecule has 0 radical (unpaired) electrons. The van der Waals surface area contributed by atoms with E-state index in [1.54, 1.807) is 6.08 Å². The predicted molar refractivity (Wildman–Crippen MR) is 184 cm³/mol. The molecule has 0 unspecified atom stereocenters. The molecule has 0 aromatic heterocycles. The Hall–Kier alpha value is -1.13. The van der Waals surface area contributed by atoms with Crippen molar-refractivity contribution in [2.75, 3.05) is 6.61 Å². The maximum Gasteiger partial charge on any atom is 0.220 e. The second kappa shape index (κ2) is 34.4. The molecular weight excluding hydrogens is 518 g/mol. The molecule has 4 heteroatoms. The summed E-state index contributed by atoms with van der Waals surface area (Å²) in [6.45, 7) is 4.29. The quantitative estimate of drug-likeness (QED) is 0.0525. The molecule has 2 atom stereocenters. The Labute approximate surface area is 262 Å². The summed E-state index contributed by atoms with van der Waals surface area (Å²) in [5, 5.41) is 22.9. The highest BCUT2D eigenvalue weighted by Gasteiger charge is 2.17. The maximum atomic E-state index is 12.3. The van der Waals surface area contributed by atoms with Crippen molar-refractivity contribution in [1.82, 2.24) is 5.32 Å². The molecule has 0 spiro atoms. The molecule has 42 heavy (non-hydrogen) atoms. The van der Waals surface area contributed by atoms with Crippen molar-refractivity contribution in [3.05, 3.63) is 24.3 Å². The first-order chi connectivity index (χ1) is 20.7. The summed E-state index contributed by atoms with van der Waals surface area (Å²) in [5.41, 5.74) is 0. The zero-order valence-corrected chi connectivity index (χ0v) is 28.3. The molecular formula is C38H73NO3.